The topological polar surface area (TPSA) is 29.1 Å². The maximum absolute atomic E-state index is 13.0. The zero-order valence-electron chi connectivity index (χ0n) is 14.3. The van der Waals surface area contributed by atoms with Crippen LogP contribution in [0.3, 0.4) is 0 Å². The van der Waals surface area contributed by atoms with Crippen molar-refractivity contribution in [3.63, 3.8) is 0 Å². The number of hydrogen-bond acceptors (Lipinski definition) is 1. The van der Waals surface area contributed by atoms with Crippen LogP contribution >= 0.6 is 7.26 Å². The lowest BCUT2D eigenvalue weighted by atomic mass is 10.0. The molecule has 0 radical (unpaired) electrons. The molecule has 0 bridgehead atoms. The van der Waals surface area contributed by atoms with E-state index in [2.05, 4.69) is 58.7 Å². The lowest BCUT2D eigenvalue weighted by Gasteiger charge is -2.29. The van der Waals surface area contributed by atoms with Gasteiger partial charge < -0.3 is 5.32 Å². The van der Waals surface area contributed by atoms with Crippen LogP contribution in [0.4, 0.5) is 5.69 Å². The van der Waals surface area contributed by atoms with Crippen molar-refractivity contribution in [1.82, 2.24) is 0 Å². The molecule has 0 heterocycles. The molecule has 1 fully saturated rings. The average molecular weight is 306 g/mol. The van der Waals surface area contributed by atoms with Gasteiger partial charge in [0, 0.05) is 32.5 Å². The van der Waals surface area contributed by atoms with E-state index < -0.39 is 7.26 Å². The highest BCUT2D eigenvalue weighted by Gasteiger charge is 2.66. The smallest absolute Gasteiger partial charge is 0.268 e. The van der Waals surface area contributed by atoms with Crippen molar-refractivity contribution in [2.75, 3.05) is 24.3 Å². The summed E-state index contributed by atoms with van der Waals surface area (Å²) in [5, 5.41) is 3.23. The Morgan fingerprint density at radius 3 is 2.00 bits per heavy atom. The summed E-state index contributed by atoms with van der Waals surface area (Å²) in [6.07, 6.45) is 4.50. The fourth-order valence-corrected chi connectivity index (χ4v) is 6.96. The van der Waals surface area contributed by atoms with Crippen molar-refractivity contribution in [3.8, 4) is 0 Å². The Bertz CT molecular complexity index is 533. The largest absolute Gasteiger partial charge is 0.322 e. The third-order valence-electron chi connectivity index (χ3n) is 5.49. The molecule has 116 valence electrons. The molecule has 2 rings (SSSR count). The third kappa shape index (κ3) is 2.75. The monoisotopic (exact) mass is 306 g/mol. The average Bonchev–Trinajstić information content (AvgIpc) is 3.23. The minimum atomic E-state index is -1.17. The number of aryl methyl sites for hydroxylation is 3. The molecule has 21 heavy (non-hydrogen) atoms. The highest BCUT2D eigenvalue weighted by molar-refractivity contribution is 7.77. The minimum Gasteiger partial charge on any atom is -0.322 e. The molecule has 1 N–H and O–H groups in total. The van der Waals surface area contributed by atoms with Gasteiger partial charge in [0.15, 0.2) is 5.16 Å². The summed E-state index contributed by atoms with van der Waals surface area (Å²) < 4.78 is 0. The summed E-state index contributed by atoms with van der Waals surface area (Å²) in [4.78, 5) is 13.0. The number of anilines is 1. The molecule has 1 aromatic rings. The Morgan fingerprint density at radius 2 is 1.62 bits per heavy atom. The van der Waals surface area contributed by atoms with E-state index in [4.69, 9.17) is 0 Å². The SMILES string of the molecule is CC[P+](C)(CC)C1(C(=O)Nc2c(C)cc(C)cc2C)CC1. The Labute approximate surface area is 130 Å². The number of carbonyl (C=O) groups excluding carboxylic acids is 1. The molecule has 0 atom stereocenters. The summed E-state index contributed by atoms with van der Waals surface area (Å²) in [5.41, 5.74) is 4.62. The molecular weight excluding hydrogens is 277 g/mol. The predicted molar refractivity (Wildman–Crippen MR) is 95.2 cm³/mol. The van der Waals surface area contributed by atoms with E-state index in [0.717, 1.165) is 18.5 Å². The molecular formula is C18H29NOP+. The molecule has 1 aromatic carbocycles. The number of carbonyl (C=O) groups is 1. The number of hydrogen-bond donors (Lipinski definition) is 1. The summed E-state index contributed by atoms with van der Waals surface area (Å²) in [7, 11) is -1.17. The first-order chi connectivity index (χ1) is 9.79. The molecule has 1 amide bonds. The fourth-order valence-electron chi connectivity index (χ4n) is 3.57. The van der Waals surface area contributed by atoms with Crippen LogP contribution in [0.5, 0.6) is 0 Å². The summed E-state index contributed by atoms with van der Waals surface area (Å²) in [6, 6.07) is 4.30. The van der Waals surface area contributed by atoms with Gasteiger partial charge >= 0.3 is 0 Å². The molecule has 3 heteroatoms. The molecule has 0 aliphatic heterocycles. The fraction of sp³-hybridized carbons (Fsp3) is 0.611. The van der Waals surface area contributed by atoms with Crippen molar-refractivity contribution >= 4 is 18.9 Å². The van der Waals surface area contributed by atoms with Crippen LogP contribution in [-0.2, 0) is 4.79 Å². The molecule has 0 unspecified atom stereocenters. The van der Waals surface area contributed by atoms with Gasteiger partial charge in [-0.2, -0.15) is 0 Å². The van der Waals surface area contributed by atoms with Gasteiger partial charge in [0.1, 0.15) is 0 Å². The van der Waals surface area contributed by atoms with E-state index in [1.54, 1.807) is 0 Å². The van der Waals surface area contributed by atoms with E-state index in [0.29, 0.717) is 0 Å². The van der Waals surface area contributed by atoms with Crippen molar-refractivity contribution in [2.24, 2.45) is 0 Å². The van der Waals surface area contributed by atoms with E-state index >= 15 is 0 Å². The second kappa shape index (κ2) is 5.72. The Balaban J connectivity index is 2.27. The van der Waals surface area contributed by atoms with Crippen molar-refractivity contribution < 1.29 is 4.79 Å². The van der Waals surface area contributed by atoms with E-state index in [1.807, 2.05) is 0 Å². The number of nitrogens with one attached hydrogen (secondary N) is 1. The lowest BCUT2D eigenvalue weighted by Crippen LogP contribution is -2.34. The van der Waals surface area contributed by atoms with E-state index in [9.17, 15) is 4.79 Å². The summed E-state index contributed by atoms with van der Waals surface area (Å²) in [5.74, 6) is 0.275. The molecule has 1 aliphatic carbocycles. The van der Waals surface area contributed by atoms with Crippen LogP contribution < -0.4 is 5.32 Å². The Hall–Kier alpha value is -0.880. The van der Waals surface area contributed by atoms with Gasteiger partial charge in [-0.1, -0.05) is 17.7 Å². The Morgan fingerprint density at radius 1 is 1.14 bits per heavy atom. The van der Waals surface area contributed by atoms with E-state index in [1.165, 1.54) is 29.0 Å². The standard InChI is InChI=1S/C18H28NOP/c1-7-21(6,8-2)18(9-10-18)17(20)19-16-14(4)11-13(3)12-15(16)5/h11-12H,7-10H2,1-6H3/p+1. The molecule has 0 aromatic heterocycles. The van der Waals surface area contributed by atoms with Crippen LogP contribution in [0.2, 0.25) is 0 Å². The van der Waals surface area contributed by atoms with Crippen LogP contribution in [0.15, 0.2) is 12.1 Å². The summed E-state index contributed by atoms with van der Waals surface area (Å²) in [6.45, 7) is 13.2. The second-order valence-corrected chi connectivity index (χ2v) is 11.7. The van der Waals surface area contributed by atoms with Crippen molar-refractivity contribution in [1.29, 1.82) is 0 Å². The first-order valence-electron chi connectivity index (χ1n) is 8.03. The van der Waals surface area contributed by atoms with Gasteiger partial charge in [0.2, 0.25) is 0 Å². The van der Waals surface area contributed by atoms with Crippen molar-refractivity contribution in [2.45, 2.75) is 52.6 Å². The van der Waals surface area contributed by atoms with E-state index in [-0.39, 0.29) is 11.1 Å². The zero-order valence-corrected chi connectivity index (χ0v) is 15.2. The van der Waals surface area contributed by atoms with Gasteiger partial charge in [0.05, 0.1) is 12.3 Å². The quantitative estimate of drug-likeness (QED) is 0.780. The zero-order chi connectivity index (χ0) is 15.8. The minimum absolute atomic E-state index is 0.0414. The molecule has 0 spiro atoms. The molecule has 1 aliphatic rings. The van der Waals surface area contributed by atoms with Gasteiger partial charge in [-0.25, -0.2) is 0 Å². The maximum atomic E-state index is 13.0. The van der Waals surface area contributed by atoms with Gasteiger partial charge in [-0.05, 0) is 45.7 Å². The first kappa shape index (κ1) is 16.5. The maximum Gasteiger partial charge on any atom is 0.268 e. The second-order valence-electron chi connectivity index (χ2n) is 6.79. The van der Waals surface area contributed by atoms with Gasteiger partial charge in [0.25, 0.3) is 5.91 Å². The van der Waals surface area contributed by atoms with Crippen LogP contribution in [-0.4, -0.2) is 30.1 Å². The highest BCUT2D eigenvalue weighted by atomic mass is 31.2. The number of benzene rings is 1. The lowest BCUT2D eigenvalue weighted by molar-refractivity contribution is -0.116. The van der Waals surface area contributed by atoms with Gasteiger partial charge in [-0.3, -0.25) is 4.79 Å². The number of amides is 1. The predicted octanol–water partition coefficient (Wildman–Crippen LogP) is 4.77. The first-order valence-corrected chi connectivity index (χ1v) is 10.6. The van der Waals surface area contributed by atoms with Crippen molar-refractivity contribution in [3.05, 3.63) is 28.8 Å². The van der Waals surface area contributed by atoms with Crippen LogP contribution in [0.1, 0.15) is 43.4 Å². The molecule has 1 saturated carbocycles. The van der Waals surface area contributed by atoms with Crippen LogP contribution in [0.25, 0.3) is 0 Å². The summed E-state index contributed by atoms with van der Waals surface area (Å²) >= 11 is 0. The number of rotatable bonds is 5. The molecule has 0 saturated heterocycles. The highest BCUT2D eigenvalue weighted by Crippen LogP contribution is 2.75. The van der Waals surface area contributed by atoms with Gasteiger partial charge in [-0.15, -0.1) is 0 Å². The molecule has 2 nitrogen and oxygen atoms in total. The Kier molecular flexibility index (Phi) is 4.49. The van der Waals surface area contributed by atoms with Crippen LogP contribution in [0, 0.1) is 20.8 Å². The normalized spacial score (nSPS) is 16.7. The third-order valence-corrected chi connectivity index (χ3v) is 11.0.